The summed E-state index contributed by atoms with van der Waals surface area (Å²) in [7, 11) is 0. The summed E-state index contributed by atoms with van der Waals surface area (Å²) in [5.41, 5.74) is 3.66. The van der Waals surface area contributed by atoms with Crippen LogP contribution in [0.1, 0.15) is 24.5 Å². The highest BCUT2D eigenvalue weighted by Gasteiger charge is 1.99. The molecule has 0 bridgehead atoms. The molecule has 3 rings (SSSR count). The molecule has 128 valence electrons. The number of benzene rings is 2. The molecule has 0 N–H and O–H groups in total. The van der Waals surface area contributed by atoms with Crippen LogP contribution in [0, 0.1) is 0 Å². The van der Waals surface area contributed by atoms with E-state index in [4.69, 9.17) is 16.6 Å². The zero-order chi connectivity index (χ0) is 17.5. The summed E-state index contributed by atoms with van der Waals surface area (Å²) >= 11 is 6.33. The van der Waals surface area contributed by atoms with Gasteiger partial charge in [0.2, 0.25) is 0 Å². The van der Waals surface area contributed by atoms with E-state index in [1.807, 2.05) is 29.1 Å². The normalized spacial score (nSPS) is 11.7. The molecule has 0 saturated heterocycles. The second kappa shape index (κ2) is 8.68. The molecule has 0 aliphatic heterocycles. The molecule has 2 nitrogen and oxygen atoms in total. The summed E-state index contributed by atoms with van der Waals surface area (Å²) < 4.78 is 2.04. The molecule has 1 heterocycles. The standard InChI is InChI=1S/C22H23ClN2/c1-2-25-15-14-22(21(23)17-25)24-20-13-7-12-19(16-20)11-6-10-18-8-4-3-5-9-18/h3-5,7-9,12-17H,2,6,10-11H2,1H3. The molecule has 0 radical (unpaired) electrons. The molecule has 0 aliphatic carbocycles. The SMILES string of the molecule is CCn1ccc(=Nc2cccc(CCCc3ccccc3)c2)c(Cl)c1. The van der Waals surface area contributed by atoms with Crippen LogP contribution in [0.15, 0.2) is 78.0 Å². The van der Waals surface area contributed by atoms with Gasteiger partial charge >= 0.3 is 0 Å². The number of aryl methyl sites for hydroxylation is 3. The van der Waals surface area contributed by atoms with Gasteiger partial charge in [-0.15, -0.1) is 0 Å². The van der Waals surface area contributed by atoms with E-state index < -0.39 is 0 Å². The van der Waals surface area contributed by atoms with Crippen molar-refractivity contribution in [2.75, 3.05) is 0 Å². The van der Waals surface area contributed by atoms with E-state index in [-0.39, 0.29) is 0 Å². The molecule has 0 saturated carbocycles. The summed E-state index contributed by atoms with van der Waals surface area (Å²) in [5, 5.41) is 1.49. The van der Waals surface area contributed by atoms with Crippen molar-refractivity contribution < 1.29 is 0 Å². The lowest BCUT2D eigenvalue weighted by molar-refractivity contribution is 0.753. The predicted octanol–water partition coefficient (Wildman–Crippen LogP) is 5.57. The highest BCUT2D eigenvalue weighted by Crippen LogP contribution is 2.16. The Hall–Kier alpha value is -2.32. The topological polar surface area (TPSA) is 17.3 Å². The lowest BCUT2D eigenvalue weighted by Gasteiger charge is -2.05. The van der Waals surface area contributed by atoms with Crippen LogP contribution >= 0.6 is 11.6 Å². The fourth-order valence-electron chi connectivity index (χ4n) is 2.85. The van der Waals surface area contributed by atoms with Crippen molar-refractivity contribution in [3.63, 3.8) is 0 Å². The maximum absolute atomic E-state index is 6.33. The van der Waals surface area contributed by atoms with Gasteiger partial charge in [0.05, 0.1) is 16.1 Å². The first-order valence-electron chi connectivity index (χ1n) is 8.78. The summed E-state index contributed by atoms with van der Waals surface area (Å²) in [5.74, 6) is 0. The number of hydrogen-bond acceptors (Lipinski definition) is 1. The summed E-state index contributed by atoms with van der Waals surface area (Å²) in [4.78, 5) is 4.70. The van der Waals surface area contributed by atoms with Crippen LogP contribution in [0.4, 0.5) is 5.69 Å². The van der Waals surface area contributed by atoms with Gasteiger partial charge in [0.25, 0.3) is 0 Å². The zero-order valence-corrected chi connectivity index (χ0v) is 15.3. The van der Waals surface area contributed by atoms with Gasteiger partial charge in [-0.05, 0) is 55.5 Å². The van der Waals surface area contributed by atoms with Crippen molar-refractivity contribution >= 4 is 17.3 Å². The Bertz CT molecular complexity index is 882. The van der Waals surface area contributed by atoms with E-state index >= 15 is 0 Å². The first-order chi connectivity index (χ1) is 12.2. The maximum atomic E-state index is 6.33. The van der Waals surface area contributed by atoms with Crippen molar-refractivity contribution in [1.29, 1.82) is 0 Å². The Morgan fingerprint density at radius 3 is 2.44 bits per heavy atom. The van der Waals surface area contributed by atoms with Crippen molar-refractivity contribution in [2.24, 2.45) is 4.99 Å². The van der Waals surface area contributed by atoms with Gasteiger partial charge in [-0.2, -0.15) is 0 Å². The van der Waals surface area contributed by atoms with Crippen LogP contribution < -0.4 is 5.36 Å². The van der Waals surface area contributed by atoms with Gasteiger partial charge in [-0.25, -0.2) is 4.99 Å². The first kappa shape index (κ1) is 17.5. The van der Waals surface area contributed by atoms with Crippen molar-refractivity contribution in [3.05, 3.63) is 94.6 Å². The van der Waals surface area contributed by atoms with Crippen LogP contribution in [0.5, 0.6) is 0 Å². The number of pyridine rings is 1. The van der Waals surface area contributed by atoms with Gasteiger partial charge in [0.1, 0.15) is 0 Å². The van der Waals surface area contributed by atoms with Crippen LogP contribution in [0.25, 0.3) is 0 Å². The summed E-state index contributed by atoms with van der Waals surface area (Å²) in [6, 6.07) is 21.0. The quantitative estimate of drug-likeness (QED) is 0.553. The van der Waals surface area contributed by atoms with Crippen molar-refractivity contribution in [3.8, 4) is 0 Å². The molecule has 1 aromatic heterocycles. The lowest BCUT2D eigenvalue weighted by Crippen LogP contribution is -2.06. The van der Waals surface area contributed by atoms with Gasteiger partial charge in [0, 0.05) is 18.9 Å². The van der Waals surface area contributed by atoms with E-state index in [2.05, 4.69) is 55.5 Å². The van der Waals surface area contributed by atoms with Crippen LogP contribution in [-0.4, -0.2) is 4.57 Å². The molecule has 2 aromatic carbocycles. The highest BCUT2D eigenvalue weighted by molar-refractivity contribution is 6.30. The van der Waals surface area contributed by atoms with Crippen molar-refractivity contribution in [2.45, 2.75) is 32.7 Å². The Balaban J connectivity index is 1.70. The number of halogens is 1. The number of aromatic nitrogens is 1. The molecule has 25 heavy (non-hydrogen) atoms. The second-order valence-electron chi connectivity index (χ2n) is 6.13. The Morgan fingerprint density at radius 2 is 1.68 bits per heavy atom. The van der Waals surface area contributed by atoms with E-state index in [1.165, 1.54) is 11.1 Å². The third-order valence-electron chi connectivity index (χ3n) is 4.25. The average molecular weight is 351 g/mol. The summed E-state index contributed by atoms with van der Waals surface area (Å²) in [6.45, 7) is 2.99. The average Bonchev–Trinajstić information content (AvgIpc) is 2.65. The number of hydrogen-bond donors (Lipinski definition) is 0. The molecule has 3 heteroatoms. The molecule has 3 aromatic rings. The molecular weight excluding hydrogens is 328 g/mol. The lowest BCUT2D eigenvalue weighted by atomic mass is 10.0. The molecule has 0 aliphatic rings. The minimum Gasteiger partial charge on any atom is -0.353 e. The van der Waals surface area contributed by atoms with Crippen LogP contribution in [0.2, 0.25) is 5.02 Å². The third-order valence-corrected chi connectivity index (χ3v) is 4.54. The van der Waals surface area contributed by atoms with E-state index in [9.17, 15) is 0 Å². The van der Waals surface area contributed by atoms with Gasteiger partial charge in [-0.1, -0.05) is 54.1 Å². The van der Waals surface area contributed by atoms with Crippen LogP contribution in [0.3, 0.4) is 0 Å². The maximum Gasteiger partial charge on any atom is 0.0852 e. The largest absolute Gasteiger partial charge is 0.353 e. The van der Waals surface area contributed by atoms with Crippen LogP contribution in [-0.2, 0) is 19.4 Å². The van der Waals surface area contributed by atoms with Gasteiger partial charge in [-0.3, -0.25) is 0 Å². The Kier molecular flexibility index (Phi) is 6.08. The van der Waals surface area contributed by atoms with Crippen molar-refractivity contribution in [1.82, 2.24) is 4.57 Å². The Labute approximate surface area is 154 Å². The second-order valence-corrected chi connectivity index (χ2v) is 6.54. The Morgan fingerprint density at radius 1 is 0.920 bits per heavy atom. The smallest absolute Gasteiger partial charge is 0.0852 e. The summed E-state index contributed by atoms with van der Waals surface area (Å²) in [6.07, 6.45) is 7.22. The fourth-order valence-corrected chi connectivity index (χ4v) is 3.08. The fraction of sp³-hybridized carbons (Fsp3) is 0.227. The monoisotopic (exact) mass is 350 g/mol. The molecule has 0 atom stereocenters. The van der Waals surface area contributed by atoms with E-state index in [1.54, 1.807) is 0 Å². The van der Waals surface area contributed by atoms with E-state index in [0.717, 1.165) is 36.9 Å². The molecular formula is C22H23ClN2. The molecule has 0 fully saturated rings. The predicted molar refractivity (Wildman–Crippen MR) is 105 cm³/mol. The first-order valence-corrected chi connectivity index (χ1v) is 9.15. The van der Waals surface area contributed by atoms with Gasteiger partial charge < -0.3 is 4.57 Å². The van der Waals surface area contributed by atoms with Gasteiger partial charge in [0.15, 0.2) is 0 Å². The number of rotatable bonds is 6. The molecule has 0 unspecified atom stereocenters. The minimum atomic E-state index is 0.679. The highest BCUT2D eigenvalue weighted by atomic mass is 35.5. The minimum absolute atomic E-state index is 0.679. The van der Waals surface area contributed by atoms with E-state index in [0.29, 0.717) is 5.02 Å². The third kappa shape index (κ3) is 5.07. The number of nitrogens with zero attached hydrogens (tertiary/aromatic N) is 2. The zero-order valence-electron chi connectivity index (χ0n) is 14.5. The molecule has 0 amide bonds. The molecule has 0 spiro atoms.